The summed E-state index contributed by atoms with van der Waals surface area (Å²) >= 11 is 0. The fraction of sp³-hybridized carbons (Fsp3) is 0.562. The zero-order valence-corrected chi connectivity index (χ0v) is 11.3. The molecular formula is C16H26O. The van der Waals surface area contributed by atoms with Crippen molar-refractivity contribution >= 4 is 5.78 Å². The van der Waals surface area contributed by atoms with Crippen LogP contribution in [-0.4, -0.2) is 5.78 Å². The molecule has 0 amide bonds. The molecule has 0 aliphatic rings. The summed E-state index contributed by atoms with van der Waals surface area (Å²) in [7, 11) is 0. The van der Waals surface area contributed by atoms with Crippen molar-refractivity contribution in [2.75, 3.05) is 0 Å². The summed E-state index contributed by atoms with van der Waals surface area (Å²) in [6.07, 6.45) is 20.7. The molecule has 0 bridgehead atoms. The first-order valence-corrected chi connectivity index (χ1v) is 6.77. The highest BCUT2D eigenvalue weighted by Gasteiger charge is 1.87. The molecule has 0 aromatic carbocycles. The average molecular weight is 234 g/mol. The van der Waals surface area contributed by atoms with Gasteiger partial charge in [-0.15, -0.1) is 0 Å². The summed E-state index contributed by atoms with van der Waals surface area (Å²) in [5.41, 5.74) is 0. The van der Waals surface area contributed by atoms with E-state index < -0.39 is 0 Å². The van der Waals surface area contributed by atoms with E-state index in [2.05, 4.69) is 19.1 Å². The Hall–Kier alpha value is -1.11. The Kier molecular flexibility index (Phi) is 12.1. The van der Waals surface area contributed by atoms with Crippen LogP contribution in [0.15, 0.2) is 36.5 Å². The van der Waals surface area contributed by atoms with Crippen LogP contribution < -0.4 is 0 Å². The van der Waals surface area contributed by atoms with Crippen LogP contribution in [0.25, 0.3) is 0 Å². The zero-order valence-electron chi connectivity index (χ0n) is 11.3. The van der Waals surface area contributed by atoms with Crippen molar-refractivity contribution in [1.29, 1.82) is 0 Å². The van der Waals surface area contributed by atoms with Crippen LogP contribution in [0.4, 0.5) is 0 Å². The molecule has 0 aromatic rings. The van der Waals surface area contributed by atoms with Crippen LogP contribution in [0.5, 0.6) is 0 Å². The first kappa shape index (κ1) is 15.9. The molecule has 0 N–H and O–H groups in total. The molecule has 0 rings (SSSR count). The second-order valence-corrected chi connectivity index (χ2v) is 4.34. The predicted octanol–water partition coefficient (Wildman–Crippen LogP) is 4.99. The van der Waals surface area contributed by atoms with E-state index in [4.69, 9.17) is 0 Å². The highest BCUT2D eigenvalue weighted by atomic mass is 16.1. The van der Waals surface area contributed by atoms with Gasteiger partial charge in [-0.1, -0.05) is 69.4 Å². The molecule has 96 valence electrons. The molecule has 0 heterocycles. The Morgan fingerprint density at radius 2 is 1.53 bits per heavy atom. The van der Waals surface area contributed by atoms with Crippen molar-refractivity contribution in [3.05, 3.63) is 36.5 Å². The summed E-state index contributed by atoms with van der Waals surface area (Å²) in [6, 6.07) is 0. The van der Waals surface area contributed by atoms with E-state index in [1.54, 1.807) is 19.1 Å². The summed E-state index contributed by atoms with van der Waals surface area (Å²) < 4.78 is 0. The summed E-state index contributed by atoms with van der Waals surface area (Å²) in [4.78, 5) is 10.6. The van der Waals surface area contributed by atoms with Crippen molar-refractivity contribution in [1.82, 2.24) is 0 Å². The standard InChI is InChI=1S/C16H26O/c1-3-4-5-6-7-8-9-10-11-12-13-14-15-16(2)17/h10-15H,3-9H2,1-2H3. The molecule has 0 unspecified atom stereocenters. The number of allylic oxidation sites excluding steroid dienone is 6. The average Bonchev–Trinajstić information content (AvgIpc) is 2.30. The van der Waals surface area contributed by atoms with E-state index in [0.717, 1.165) is 6.42 Å². The monoisotopic (exact) mass is 234 g/mol. The molecule has 1 heteroatoms. The van der Waals surface area contributed by atoms with Crippen molar-refractivity contribution in [3.8, 4) is 0 Å². The zero-order chi connectivity index (χ0) is 12.8. The number of hydrogen-bond donors (Lipinski definition) is 0. The first-order valence-electron chi connectivity index (χ1n) is 6.77. The van der Waals surface area contributed by atoms with Gasteiger partial charge in [-0.2, -0.15) is 0 Å². The minimum Gasteiger partial charge on any atom is -0.295 e. The molecular weight excluding hydrogens is 208 g/mol. The maximum absolute atomic E-state index is 10.6. The normalized spacial score (nSPS) is 12.1. The number of carbonyl (C=O) groups is 1. The van der Waals surface area contributed by atoms with Gasteiger partial charge in [0.05, 0.1) is 0 Å². The third kappa shape index (κ3) is 14.9. The van der Waals surface area contributed by atoms with Gasteiger partial charge in [-0.3, -0.25) is 4.79 Å². The van der Waals surface area contributed by atoms with E-state index in [1.165, 1.54) is 38.5 Å². The molecule has 0 aliphatic carbocycles. The Morgan fingerprint density at radius 1 is 0.882 bits per heavy atom. The van der Waals surface area contributed by atoms with Gasteiger partial charge in [-0.05, 0) is 25.8 Å². The minimum absolute atomic E-state index is 0.0886. The predicted molar refractivity (Wildman–Crippen MR) is 76.1 cm³/mol. The fourth-order valence-corrected chi connectivity index (χ4v) is 1.54. The highest BCUT2D eigenvalue weighted by molar-refractivity contribution is 5.87. The SMILES string of the molecule is CCCCCCCCC=CC=CC=CC(C)=O. The number of unbranched alkanes of at least 4 members (excludes halogenated alkanes) is 6. The van der Waals surface area contributed by atoms with Gasteiger partial charge in [0.15, 0.2) is 5.78 Å². The van der Waals surface area contributed by atoms with Gasteiger partial charge >= 0.3 is 0 Å². The summed E-state index contributed by atoms with van der Waals surface area (Å²) in [5.74, 6) is 0.0886. The van der Waals surface area contributed by atoms with Crippen LogP contribution in [0.3, 0.4) is 0 Å². The molecule has 0 atom stereocenters. The van der Waals surface area contributed by atoms with Crippen LogP contribution in [-0.2, 0) is 4.79 Å². The maximum Gasteiger partial charge on any atom is 0.152 e. The Morgan fingerprint density at radius 3 is 2.24 bits per heavy atom. The lowest BCUT2D eigenvalue weighted by Gasteiger charge is -1.97. The second kappa shape index (κ2) is 13.0. The molecule has 0 fully saturated rings. The molecule has 0 aromatic heterocycles. The van der Waals surface area contributed by atoms with Gasteiger partial charge in [0.1, 0.15) is 0 Å². The van der Waals surface area contributed by atoms with Gasteiger partial charge in [0.25, 0.3) is 0 Å². The second-order valence-electron chi connectivity index (χ2n) is 4.34. The molecule has 0 aliphatic heterocycles. The Balaban J connectivity index is 3.33. The molecule has 1 nitrogen and oxygen atoms in total. The first-order chi connectivity index (χ1) is 8.27. The van der Waals surface area contributed by atoms with Gasteiger partial charge < -0.3 is 0 Å². The molecule has 0 spiro atoms. The Labute approximate surface area is 106 Å². The van der Waals surface area contributed by atoms with Crippen LogP contribution >= 0.6 is 0 Å². The van der Waals surface area contributed by atoms with Crippen molar-refractivity contribution in [3.63, 3.8) is 0 Å². The maximum atomic E-state index is 10.6. The quantitative estimate of drug-likeness (QED) is 0.295. The Bertz CT molecular complexity index is 259. The minimum atomic E-state index is 0.0886. The van der Waals surface area contributed by atoms with Crippen molar-refractivity contribution in [2.24, 2.45) is 0 Å². The molecule has 0 radical (unpaired) electrons. The number of hydrogen-bond acceptors (Lipinski definition) is 1. The molecule has 17 heavy (non-hydrogen) atoms. The number of rotatable bonds is 10. The van der Waals surface area contributed by atoms with Crippen LogP contribution in [0.2, 0.25) is 0 Å². The fourth-order valence-electron chi connectivity index (χ4n) is 1.54. The van der Waals surface area contributed by atoms with Crippen molar-refractivity contribution < 1.29 is 4.79 Å². The number of carbonyl (C=O) groups excluding carboxylic acids is 1. The lowest BCUT2D eigenvalue weighted by Crippen LogP contribution is -1.77. The number of ketones is 1. The van der Waals surface area contributed by atoms with Crippen LogP contribution in [0.1, 0.15) is 58.8 Å². The van der Waals surface area contributed by atoms with E-state index in [-0.39, 0.29) is 5.78 Å². The van der Waals surface area contributed by atoms with Crippen LogP contribution in [0, 0.1) is 0 Å². The van der Waals surface area contributed by atoms with E-state index in [9.17, 15) is 4.79 Å². The smallest absolute Gasteiger partial charge is 0.152 e. The third-order valence-corrected chi connectivity index (χ3v) is 2.52. The van der Waals surface area contributed by atoms with Gasteiger partial charge in [0.2, 0.25) is 0 Å². The van der Waals surface area contributed by atoms with E-state index >= 15 is 0 Å². The highest BCUT2D eigenvalue weighted by Crippen LogP contribution is 2.07. The topological polar surface area (TPSA) is 17.1 Å². The van der Waals surface area contributed by atoms with Gasteiger partial charge in [-0.25, -0.2) is 0 Å². The lowest BCUT2D eigenvalue weighted by molar-refractivity contribution is -0.112. The lowest BCUT2D eigenvalue weighted by atomic mass is 10.1. The van der Waals surface area contributed by atoms with E-state index in [0.29, 0.717) is 0 Å². The van der Waals surface area contributed by atoms with E-state index in [1.807, 2.05) is 12.2 Å². The largest absolute Gasteiger partial charge is 0.295 e. The summed E-state index contributed by atoms with van der Waals surface area (Å²) in [5, 5.41) is 0. The third-order valence-electron chi connectivity index (χ3n) is 2.52. The molecule has 0 saturated carbocycles. The molecule has 0 saturated heterocycles. The van der Waals surface area contributed by atoms with Crippen molar-refractivity contribution in [2.45, 2.75) is 58.8 Å². The summed E-state index contributed by atoms with van der Waals surface area (Å²) in [6.45, 7) is 3.80. The van der Waals surface area contributed by atoms with Gasteiger partial charge in [0, 0.05) is 0 Å².